The lowest BCUT2D eigenvalue weighted by molar-refractivity contribution is -0.0174. The monoisotopic (exact) mass is 865 g/mol. The molecule has 0 aliphatic carbocycles. The highest BCUT2D eigenvalue weighted by atomic mass is 35.5. The van der Waals surface area contributed by atoms with Gasteiger partial charge in [0.1, 0.15) is 11.0 Å². The van der Waals surface area contributed by atoms with Gasteiger partial charge in [-0.3, -0.25) is 4.90 Å². The van der Waals surface area contributed by atoms with Crippen LogP contribution >= 0.6 is 23.2 Å². The Hall–Kier alpha value is -1.15. The van der Waals surface area contributed by atoms with Gasteiger partial charge in [-0.15, -0.1) is 0 Å². The molecule has 9 nitrogen and oxygen atoms in total. The zero-order valence-electron chi connectivity index (χ0n) is 38.9. The molecule has 1 aliphatic rings. The second kappa shape index (κ2) is 22.8. The van der Waals surface area contributed by atoms with E-state index in [9.17, 15) is 4.21 Å². The normalized spacial score (nSPS) is 16.6. The number of nitrogens with one attached hydrogen (secondary N) is 4. The van der Waals surface area contributed by atoms with Crippen molar-refractivity contribution in [2.75, 3.05) is 93.1 Å². The highest BCUT2D eigenvalue weighted by molar-refractivity contribution is 7.83. The molecule has 0 bridgehead atoms. The van der Waals surface area contributed by atoms with E-state index in [0.29, 0.717) is 22.5 Å². The average Bonchev–Trinajstić information content (AvgIpc) is 3.10. The first-order chi connectivity index (χ1) is 27.0. The van der Waals surface area contributed by atoms with Gasteiger partial charge in [-0.1, -0.05) is 83.8 Å². The van der Waals surface area contributed by atoms with Crippen LogP contribution in [-0.4, -0.2) is 128 Å². The largest absolute Gasteiger partial charge is 0.318 e. The number of hydrogen-bond donors (Lipinski definition) is 4. The van der Waals surface area contributed by atoms with Gasteiger partial charge in [-0.25, -0.2) is 18.9 Å². The van der Waals surface area contributed by atoms with Crippen LogP contribution in [0.4, 0.5) is 0 Å². The molecule has 1 aliphatic heterocycles. The minimum Gasteiger partial charge on any atom is -0.318 e. The van der Waals surface area contributed by atoms with Gasteiger partial charge in [-0.05, 0) is 112 Å². The number of likely N-dealkylation sites (N-methyl/N-ethyl adjacent to an activating group) is 3. The van der Waals surface area contributed by atoms with Crippen molar-refractivity contribution < 1.29 is 4.21 Å². The van der Waals surface area contributed by atoms with E-state index < -0.39 is 11.0 Å². The zero-order chi connectivity index (χ0) is 43.5. The van der Waals surface area contributed by atoms with Gasteiger partial charge in [0.15, 0.2) is 0 Å². The quantitative estimate of drug-likeness (QED) is 0.0590. The summed E-state index contributed by atoms with van der Waals surface area (Å²) in [7, 11) is 5.03. The van der Waals surface area contributed by atoms with Gasteiger partial charge in [0.2, 0.25) is 0 Å². The lowest BCUT2D eigenvalue weighted by Gasteiger charge is -2.44. The summed E-state index contributed by atoms with van der Waals surface area (Å²) in [5.41, 5.74) is 3.89. The maximum atomic E-state index is 13.6. The molecular formula is C46H82Cl2N8OS. The Balaban J connectivity index is 1.59. The Bertz CT molecular complexity index is 1560. The van der Waals surface area contributed by atoms with E-state index >= 15 is 0 Å². The molecule has 2 aromatic carbocycles. The van der Waals surface area contributed by atoms with Crippen LogP contribution < -0.4 is 20.7 Å². The molecule has 332 valence electrons. The second-order valence-electron chi connectivity index (χ2n) is 20.2. The van der Waals surface area contributed by atoms with Gasteiger partial charge in [0.05, 0.1) is 4.90 Å². The highest BCUT2D eigenvalue weighted by Gasteiger charge is 2.37. The molecule has 1 heterocycles. The van der Waals surface area contributed by atoms with Crippen molar-refractivity contribution >= 4 is 34.2 Å². The van der Waals surface area contributed by atoms with Crippen LogP contribution in [0.3, 0.4) is 0 Å². The molecule has 2 unspecified atom stereocenters. The number of rotatable bonds is 25. The summed E-state index contributed by atoms with van der Waals surface area (Å²) in [6, 6.07) is 12.1. The fraction of sp³-hybridized carbons (Fsp3) is 0.739. The van der Waals surface area contributed by atoms with Crippen LogP contribution in [0.25, 0.3) is 0 Å². The summed E-state index contributed by atoms with van der Waals surface area (Å²) < 4.78 is 16.9. The van der Waals surface area contributed by atoms with Crippen molar-refractivity contribution in [3.05, 3.63) is 63.1 Å². The van der Waals surface area contributed by atoms with Gasteiger partial charge >= 0.3 is 0 Å². The van der Waals surface area contributed by atoms with Gasteiger partial charge in [0, 0.05) is 113 Å². The molecule has 0 fully saturated rings. The molecule has 0 spiro atoms. The van der Waals surface area contributed by atoms with Crippen molar-refractivity contribution in [2.45, 2.75) is 117 Å². The first kappa shape index (κ1) is 51.2. The van der Waals surface area contributed by atoms with Crippen LogP contribution in [0.2, 0.25) is 10.0 Å². The first-order valence-electron chi connectivity index (χ1n) is 21.7. The Kier molecular flexibility index (Phi) is 20.1. The number of benzene rings is 2. The van der Waals surface area contributed by atoms with Crippen molar-refractivity contribution in [2.24, 2.45) is 16.7 Å². The van der Waals surface area contributed by atoms with Crippen LogP contribution in [0, 0.1) is 16.7 Å². The molecule has 0 saturated carbocycles. The summed E-state index contributed by atoms with van der Waals surface area (Å²) in [4.78, 5) is 5.65. The highest BCUT2D eigenvalue weighted by Crippen LogP contribution is 2.39. The minimum atomic E-state index is -1.33. The van der Waals surface area contributed by atoms with Crippen LogP contribution in [0.5, 0.6) is 0 Å². The maximum Gasteiger partial charge on any atom is 0.124 e. The number of hydrogen-bond acceptors (Lipinski definition) is 8. The number of nitrogens with zero attached hydrogens (tertiary/aromatic N) is 4. The average molecular weight is 866 g/mol. The summed E-state index contributed by atoms with van der Waals surface area (Å²) >= 11 is 13.1. The van der Waals surface area contributed by atoms with Gasteiger partial charge in [-0.2, -0.15) is 0 Å². The summed E-state index contributed by atoms with van der Waals surface area (Å²) in [5, 5.41) is 17.1. The molecule has 12 heteroatoms. The Morgan fingerprint density at radius 2 is 1.52 bits per heavy atom. The molecule has 0 aromatic heterocycles. The number of hydrazine groups is 1. The summed E-state index contributed by atoms with van der Waals surface area (Å²) in [6.45, 7) is 36.3. The zero-order valence-corrected chi connectivity index (χ0v) is 41.2. The van der Waals surface area contributed by atoms with Crippen LogP contribution in [-0.2, 0) is 17.5 Å². The standard InChI is InChI=1S/C46H82Cl2N8OS/c1-35(2)31-44(6,7)46(10,11)51-20-19-50-22-26-56(25-21-49-12)54(14)27-28-55(45(8,9)34-43(3,4)5)24-23-52-58(57)38-17-15-36(16-18-38)40-32-53(13)33-41-39(40)29-37(47)30-42(41)48/h15-18,29-30,35,40,49-52H,19-28,31-34H2,1-14H3. The van der Waals surface area contributed by atoms with Crippen LogP contribution in [0.15, 0.2) is 41.3 Å². The van der Waals surface area contributed by atoms with Crippen molar-refractivity contribution in [3.8, 4) is 0 Å². The van der Waals surface area contributed by atoms with E-state index in [1.54, 1.807) is 0 Å². The Morgan fingerprint density at radius 3 is 2.14 bits per heavy atom. The van der Waals surface area contributed by atoms with Gasteiger partial charge in [0.25, 0.3) is 0 Å². The third-order valence-electron chi connectivity index (χ3n) is 12.2. The minimum absolute atomic E-state index is 0.0407. The van der Waals surface area contributed by atoms with Crippen molar-refractivity contribution in [1.82, 2.24) is 40.5 Å². The number of fused-ring (bicyclic) bond motifs is 1. The Morgan fingerprint density at radius 1 is 0.862 bits per heavy atom. The van der Waals surface area contributed by atoms with E-state index in [2.05, 4.69) is 143 Å². The molecule has 0 radical (unpaired) electrons. The third-order valence-corrected chi connectivity index (χ3v) is 14.0. The van der Waals surface area contributed by atoms with E-state index in [4.69, 9.17) is 23.2 Å². The van der Waals surface area contributed by atoms with E-state index in [1.165, 1.54) is 17.5 Å². The van der Waals surface area contributed by atoms with E-state index in [1.807, 2.05) is 31.3 Å². The van der Waals surface area contributed by atoms with Gasteiger partial charge < -0.3 is 20.9 Å². The lowest BCUT2D eigenvalue weighted by atomic mass is 9.69. The lowest BCUT2D eigenvalue weighted by Crippen LogP contribution is -2.54. The third kappa shape index (κ3) is 16.0. The Labute approximate surface area is 367 Å². The predicted molar refractivity (Wildman–Crippen MR) is 252 cm³/mol. The summed E-state index contributed by atoms with van der Waals surface area (Å²) in [5.74, 6) is 0.828. The number of halogens is 2. The fourth-order valence-corrected chi connectivity index (χ4v) is 10.2. The molecule has 2 aromatic rings. The molecule has 0 amide bonds. The maximum absolute atomic E-state index is 13.6. The molecular weight excluding hydrogens is 784 g/mol. The van der Waals surface area contributed by atoms with Crippen molar-refractivity contribution in [3.63, 3.8) is 0 Å². The SMILES string of the molecule is CNCCN(CCNCCNC(C)(C)C(C)(C)CC(C)C)N(C)CCN(CCNS(=O)c1ccc(C2CN(C)Cc3c(Cl)cc(Cl)cc32)cc1)C(C)(C)CC(C)(C)C. The summed E-state index contributed by atoms with van der Waals surface area (Å²) in [6.07, 6.45) is 2.25. The van der Waals surface area contributed by atoms with E-state index in [-0.39, 0.29) is 27.8 Å². The topological polar surface area (TPSA) is 78.1 Å². The first-order valence-corrected chi connectivity index (χ1v) is 23.6. The smallest absolute Gasteiger partial charge is 0.124 e. The van der Waals surface area contributed by atoms with Crippen molar-refractivity contribution in [1.29, 1.82) is 0 Å². The molecule has 0 saturated heterocycles. The molecule has 3 rings (SSSR count). The molecule has 4 N–H and O–H groups in total. The molecule has 58 heavy (non-hydrogen) atoms. The predicted octanol–water partition coefficient (Wildman–Crippen LogP) is 8.10. The van der Waals surface area contributed by atoms with Crippen LogP contribution in [0.1, 0.15) is 112 Å². The molecule has 2 atom stereocenters. The second-order valence-corrected chi connectivity index (χ2v) is 22.3. The fourth-order valence-electron chi connectivity index (χ4n) is 8.85. The van der Waals surface area contributed by atoms with E-state index in [0.717, 1.165) is 88.9 Å².